The lowest BCUT2D eigenvalue weighted by Gasteiger charge is -2.27. The summed E-state index contributed by atoms with van der Waals surface area (Å²) in [6.45, 7) is 6.10. The molecule has 0 saturated heterocycles. The summed E-state index contributed by atoms with van der Waals surface area (Å²) < 4.78 is 26.6. The van der Waals surface area contributed by atoms with Gasteiger partial charge in [0.15, 0.2) is 0 Å². The second-order valence-corrected chi connectivity index (χ2v) is 4.20. The fourth-order valence-electron chi connectivity index (χ4n) is 1.76. The lowest BCUT2D eigenvalue weighted by atomic mass is 10.1. The van der Waals surface area contributed by atoms with Crippen LogP contribution in [0.4, 0.5) is 14.5 Å². The van der Waals surface area contributed by atoms with Crippen molar-refractivity contribution in [1.29, 1.82) is 0 Å². The number of nitrogen functional groups attached to an aromatic ring is 1. The van der Waals surface area contributed by atoms with E-state index < -0.39 is 17.5 Å². The normalized spacial score (nSPS) is 12.3. The van der Waals surface area contributed by atoms with Gasteiger partial charge in [0, 0.05) is 18.7 Å². The quantitative estimate of drug-likeness (QED) is 0.842. The Morgan fingerprint density at radius 1 is 1.33 bits per heavy atom. The summed E-state index contributed by atoms with van der Waals surface area (Å²) in [7, 11) is 0. The molecule has 0 spiro atoms. The number of nitrogens with two attached hydrogens (primary N) is 1. The highest BCUT2D eigenvalue weighted by atomic mass is 19.1. The van der Waals surface area contributed by atoms with Gasteiger partial charge in [-0.25, -0.2) is 8.78 Å². The smallest absolute Gasteiger partial charge is 0.257 e. The average Bonchev–Trinajstić information content (AvgIpc) is 2.34. The predicted octanol–water partition coefficient (Wildman–Crippen LogP) is 2.81. The van der Waals surface area contributed by atoms with Crippen molar-refractivity contribution >= 4 is 11.6 Å². The van der Waals surface area contributed by atoms with Gasteiger partial charge in [0.2, 0.25) is 0 Å². The molecule has 1 amide bonds. The van der Waals surface area contributed by atoms with Crippen molar-refractivity contribution in [2.24, 2.45) is 0 Å². The number of amides is 1. The van der Waals surface area contributed by atoms with Gasteiger partial charge in [-0.2, -0.15) is 0 Å². The van der Waals surface area contributed by atoms with Crippen molar-refractivity contribution in [2.75, 3.05) is 12.3 Å². The molecule has 0 aliphatic rings. The summed E-state index contributed by atoms with van der Waals surface area (Å²) in [5.74, 6) is -2.19. The zero-order valence-electron chi connectivity index (χ0n) is 10.8. The molecule has 1 aromatic carbocycles. The highest BCUT2D eigenvalue weighted by Gasteiger charge is 2.22. The molecule has 0 heterocycles. The molecule has 0 saturated carbocycles. The molecule has 0 aromatic heterocycles. The number of carbonyl (C=O) groups is 1. The van der Waals surface area contributed by atoms with Crippen LogP contribution in [0, 0.1) is 11.6 Å². The summed E-state index contributed by atoms with van der Waals surface area (Å²) in [6, 6.07) is 1.69. The molecule has 1 atom stereocenters. The van der Waals surface area contributed by atoms with Gasteiger partial charge < -0.3 is 10.6 Å². The molecule has 0 bridgehead atoms. The molecule has 0 radical (unpaired) electrons. The van der Waals surface area contributed by atoms with E-state index in [9.17, 15) is 13.6 Å². The molecule has 0 aliphatic heterocycles. The average molecular weight is 256 g/mol. The topological polar surface area (TPSA) is 46.3 Å². The predicted molar refractivity (Wildman–Crippen MR) is 67.2 cm³/mol. The van der Waals surface area contributed by atoms with E-state index in [1.807, 2.05) is 20.8 Å². The van der Waals surface area contributed by atoms with Crippen molar-refractivity contribution in [1.82, 2.24) is 4.90 Å². The molecule has 1 aromatic rings. The van der Waals surface area contributed by atoms with Crippen LogP contribution in [0.5, 0.6) is 0 Å². The number of hydrogen-bond acceptors (Lipinski definition) is 2. The van der Waals surface area contributed by atoms with Gasteiger partial charge in [-0.3, -0.25) is 4.79 Å². The minimum absolute atomic E-state index is 0.00632. The highest BCUT2D eigenvalue weighted by Crippen LogP contribution is 2.19. The molecule has 100 valence electrons. The maximum absolute atomic E-state index is 13.6. The number of rotatable bonds is 4. The van der Waals surface area contributed by atoms with E-state index in [2.05, 4.69) is 0 Å². The van der Waals surface area contributed by atoms with Crippen molar-refractivity contribution in [3.63, 3.8) is 0 Å². The van der Waals surface area contributed by atoms with Crippen LogP contribution in [0.15, 0.2) is 12.1 Å². The second-order valence-electron chi connectivity index (χ2n) is 4.20. The van der Waals surface area contributed by atoms with E-state index in [4.69, 9.17) is 5.73 Å². The highest BCUT2D eigenvalue weighted by molar-refractivity contribution is 5.95. The first-order chi connectivity index (χ1) is 8.42. The van der Waals surface area contributed by atoms with Crippen LogP contribution in [-0.2, 0) is 0 Å². The van der Waals surface area contributed by atoms with Gasteiger partial charge in [0.05, 0.1) is 11.3 Å². The summed E-state index contributed by atoms with van der Waals surface area (Å²) >= 11 is 0. The third-order valence-electron chi connectivity index (χ3n) is 3.04. The van der Waals surface area contributed by atoms with Gasteiger partial charge >= 0.3 is 0 Å². The Labute approximate surface area is 106 Å². The number of nitrogens with zero attached hydrogens (tertiary/aromatic N) is 1. The Morgan fingerprint density at radius 2 is 1.94 bits per heavy atom. The van der Waals surface area contributed by atoms with E-state index >= 15 is 0 Å². The van der Waals surface area contributed by atoms with Crippen molar-refractivity contribution in [2.45, 2.75) is 33.2 Å². The summed E-state index contributed by atoms with van der Waals surface area (Å²) in [5, 5.41) is 0. The third kappa shape index (κ3) is 2.78. The minimum atomic E-state index is -0.881. The molecule has 2 N–H and O–H groups in total. The van der Waals surface area contributed by atoms with E-state index in [0.29, 0.717) is 12.6 Å². The summed E-state index contributed by atoms with van der Waals surface area (Å²) in [4.78, 5) is 13.7. The second kappa shape index (κ2) is 5.80. The van der Waals surface area contributed by atoms with Crippen LogP contribution in [0.25, 0.3) is 0 Å². The first kappa shape index (κ1) is 14.4. The molecular formula is C13H18F2N2O. The maximum atomic E-state index is 13.6. The van der Waals surface area contributed by atoms with E-state index in [1.54, 1.807) is 0 Å². The molecule has 1 rings (SSSR count). The van der Waals surface area contributed by atoms with Crippen LogP contribution in [0.1, 0.15) is 37.6 Å². The van der Waals surface area contributed by atoms with Gasteiger partial charge in [-0.15, -0.1) is 0 Å². The van der Waals surface area contributed by atoms with Crippen LogP contribution in [0.3, 0.4) is 0 Å². The van der Waals surface area contributed by atoms with Crippen LogP contribution in [-0.4, -0.2) is 23.4 Å². The Kier molecular flexibility index (Phi) is 4.64. The molecule has 0 fully saturated rings. The standard InChI is InChI=1S/C13H18F2N2O/c1-4-8(3)17(5-2)13(18)9-6-12(16)11(15)7-10(9)14/h6-8H,4-5,16H2,1-3H3. The molecule has 0 aliphatic carbocycles. The van der Waals surface area contributed by atoms with Gasteiger partial charge in [0.1, 0.15) is 11.6 Å². The zero-order chi connectivity index (χ0) is 13.9. The Morgan fingerprint density at radius 3 is 2.44 bits per heavy atom. The number of anilines is 1. The molecule has 5 heteroatoms. The molecule has 1 unspecified atom stereocenters. The lowest BCUT2D eigenvalue weighted by molar-refractivity contribution is 0.0695. The number of hydrogen-bond donors (Lipinski definition) is 1. The van der Waals surface area contributed by atoms with E-state index in [1.165, 1.54) is 4.90 Å². The zero-order valence-corrected chi connectivity index (χ0v) is 10.8. The summed E-state index contributed by atoms with van der Waals surface area (Å²) in [6.07, 6.45) is 0.762. The Hall–Kier alpha value is -1.65. The fourth-order valence-corrected chi connectivity index (χ4v) is 1.76. The number of halogens is 2. The van der Waals surface area contributed by atoms with Crippen molar-refractivity contribution in [3.05, 3.63) is 29.3 Å². The van der Waals surface area contributed by atoms with E-state index in [-0.39, 0.29) is 17.3 Å². The Balaban J connectivity index is 3.13. The molecule has 18 heavy (non-hydrogen) atoms. The van der Waals surface area contributed by atoms with Crippen molar-refractivity contribution < 1.29 is 13.6 Å². The van der Waals surface area contributed by atoms with Crippen LogP contribution in [0.2, 0.25) is 0 Å². The van der Waals surface area contributed by atoms with Crippen LogP contribution >= 0.6 is 0 Å². The van der Waals surface area contributed by atoms with Gasteiger partial charge in [-0.1, -0.05) is 6.92 Å². The van der Waals surface area contributed by atoms with Crippen molar-refractivity contribution in [3.8, 4) is 0 Å². The van der Waals surface area contributed by atoms with E-state index in [0.717, 1.165) is 12.5 Å². The lowest BCUT2D eigenvalue weighted by Crippen LogP contribution is -2.38. The first-order valence-electron chi connectivity index (χ1n) is 5.97. The maximum Gasteiger partial charge on any atom is 0.257 e. The van der Waals surface area contributed by atoms with Gasteiger partial charge in [0.25, 0.3) is 5.91 Å². The number of benzene rings is 1. The largest absolute Gasteiger partial charge is 0.396 e. The van der Waals surface area contributed by atoms with Crippen LogP contribution < -0.4 is 5.73 Å². The molecule has 3 nitrogen and oxygen atoms in total. The summed E-state index contributed by atoms with van der Waals surface area (Å²) in [5.41, 5.74) is 4.96. The monoisotopic (exact) mass is 256 g/mol. The minimum Gasteiger partial charge on any atom is -0.396 e. The first-order valence-corrected chi connectivity index (χ1v) is 5.97. The van der Waals surface area contributed by atoms with Gasteiger partial charge in [-0.05, 0) is 26.3 Å². The SMILES string of the molecule is CCC(C)N(CC)C(=O)c1cc(N)c(F)cc1F. The number of carbonyl (C=O) groups excluding carboxylic acids is 1. The molecular weight excluding hydrogens is 238 g/mol. The fraction of sp³-hybridized carbons (Fsp3) is 0.462. The third-order valence-corrected chi connectivity index (χ3v) is 3.04. The Bertz CT molecular complexity index is 449.